The third-order valence-electron chi connectivity index (χ3n) is 14.9. The molecule has 3 N–H and O–H groups in total. The zero-order chi connectivity index (χ0) is 56.9. The van der Waals surface area contributed by atoms with Gasteiger partial charge in [-0.25, -0.2) is 4.79 Å². The summed E-state index contributed by atoms with van der Waals surface area (Å²) in [5.74, 6) is -4.25. The van der Waals surface area contributed by atoms with Crippen LogP contribution in [-0.2, 0) is 57.1 Å². The molecule has 0 radical (unpaired) electrons. The minimum atomic E-state index is -0.973. The quantitative estimate of drug-likeness (QED) is 0.0394. The molecule has 0 saturated heterocycles. The van der Waals surface area contributed by atoms with Crippen LogP contribution in [-0.4, -0.2) is 167 Å². The normalized spacial score (nSPS) is 26.8. The molecule has 17 heteroatoms. The minimum Gasteiger partial charge on any atom is -0.462 e. The van der Waals surface area contributed by atoms with Gasteiger partial charge < -0.3 is 53.6 Å². The van der Waals surface area contributed by atoms with Gasteiger partial charge in [-0.2, -0.15) is 0 Å². The topological polar surface area (TPSA) is 209 Å². The highest BCUT2D eigenvalue weighted by molar-refractivity contribution is 5.82. The summed E-state index contributed by atoms with van der Waals surface area (Å²) < 4.78 is 41.3. The molecule has 0 aliphatic carbocycles. The number of aliphatic hydroxyl groups excluding tert-OH is 2. The molecule has 17 atom stereocenters. The second kappa shape index (κ2) is 36.7. The monoisotopic (exact) mass is 1060 g/mol. The highest BCUT2D eigenvalue weighted by Gasteiger charge is 2.37. The number of rotatable bonds is 23. The lowest BCUT2D eigenvalue weighted by Crippen LogP contribution is -2.44. The molecular weight excluding hydrogens is 963 g/mol. The van der Waals surface area contributed by atoms with E-state index in [1.165, 1.54) is 25.0 Å². The average molecular weight is 1060 g/mol. The molecule has 0 aromatic carbocycles. The second-order valence-electron chi connectivity index (χ2n) is 21.3. The van der Waals surface area contributed by atoms with Crippen LogP contribution in [0.1, 0.15) is 121 Å². The summed E-state index contributed by atoms with van der Waals surface area (Å²) in [6.45, 7) is 18.7. The van der Waals surface area contributed by atoms with Crippen molar-refractivity contribution < 1.29 is 67.3 Å². The van der Waals surface area contributed by atoms with Crippen LogP contribution in [0, 0.1) is 41.4 Å². The Labute approximate surface area is 450 Å². The number of allylic oxidation sites excluding steroid dienone is 3. The number of carbonyl (C=O) groups is 5. The van der Waals surface area contributed by atoms with Crippen LogP contribution in [0.3, 0.4) is 0 Å². The Hall–Kier alpha value is -4.23. The summed E-state index contributed by atoms with van der Waals surface area (Å²) in [5, 5.41) is 26.6. The molecule has 17 nitrogen and oxygen atoms in total. The number of hydrogen-bond acceptors (Lipinski definition) is 16. The van der Waals surface area contributed by atoms with Crippen molar-refractivity contribution in [2.75, 3.05) is 56.1 Å². The number of nitrogens with zero attached hydrogens (tertiary/aromatic N) is 2. The third kappa shape index (κ3) is 25.2. The first-order chi connectivity index (χ1) is 35.4. The number of amides is 1. The fraction of sp³-hybridized carbons (Fsp3) is 0.741. The molecule has 17 unspecified atom stereocenters. The smallest absolute Gasteiger partial charge is 0.331 e. The number of nitrogens with one attached hydrogen (secondary N) is 1. The number of aliphatic hydroxyl groups is 2. The standard InChI is InChI=1S/C58H99N3O14/c1-37-26-27-38(2)49(71-17)30-28-39(3)55(66)43(7)51(75-58(68)48(35-69-15)60(12)13)23-19-18-20-25-53(64)73-50(24-21-22-47(34-37)70-16)42(6)54(65)40(4)29-31-52(74-57(67)45(9)59-11)44(8)56(72-46(10)63)41(5)32-33-61(14)36-62/h18-22,25,27,32-33,36-37,39-45,47-52,54-56,59,65-66H,23-24,26,28-31,34-35H2,1-17H3. The van der Waals surface area contributed by atoms with Gasteiger partial charge in [0.05, 0.1) is 31.0 Å². The lowest BCUT2D eigenvalue weighted by atomic mass is 9.82. The van der Waals surface area contributed by atoms with Gasteiger partial charge in [-0.1, -0.05) is 91.0 Å². The van der Waals surface area contributed by atoms with Crippen LogP contribution >= 0.6 is 0 Å². The van der Waals surface area contributed by atoms with Crippen LogP contribution < -0.4 is 5.32 Å². The van der Waals surface area contributed by atoms with Crippen molar-refractivity contribution in [2.45, 2.75) is 182 Å². The Kier molecular flexibility index (Phi) is 33.7. The number of likely N-dealkylation sites (N-methyl/N-ethyl adjacent to an activating group) is 2. The Morgan fingerprint density at radius 2 is 1.60 bits per heavy atom. The molecule has 0 aromatic heterocycles. The zero-order valence-electron chi connectivity index (χ0n) is 48.6. The molecule has 430 valence electrons. The van der Waals surface area contributed by atoms with Crippen molar-refractivity contribution in [3.8, 4) is 0 Å². The highest BCUT2D eigenvalue weighted by atomic mass is 16.6. The molecule has 1 rings (SSSR count). The van der Waals surface area contributed by atoms with Crippen LogP contribution in [0.4, 0.5) is 0 Å². The zero-order valence-corrected chi connectivity index (χ0v) is 48.6. The third-order valence-corrected chi connectivity index (χ3v) is 14.9. The fourth-order valence-corrected chi connectivity index (χ4v) is 9.30. The van der Waals surface area contributed by atoms with Crippen molar-refractivity contribution in [3.63, 3.8) is 0 Å². The first-order valence-corrected chi connectivity index (χ1v) is 26.9. The molecule has 0 saturated carbocycles. The van der Waals surface area contributed by atoms with Crippen molar-refractivity contribution in [3.05, 3.63) is 60.4 Å². The molecule has 1 amide bonds. The number of methoxy groups -OCH3 is 3. The van der Waals surface area contributed by atoms with Gasteiger partial charge >= 0.3 is 23.9 Å². The predicted molar refractivity (Wildman–Crippen MR) is 292 cm³/mol. The summed E-state index contributed by atoms with van der Waals surface area (Å²) in [7, 11) is 11.7. The number of hydrogen-bond donors (Lipinski definition) is 3. The van der Waals surface area contributed by atoms with Gasteiger partial charge in [0.25, 0.3) is 0 Å². The predicted octanol–water partition coefficient (Wildman–Crippen LogP) is 7.39. The van der Waals surface area contributed by atoms with E-state index >= 15 is 0 Å². The lowest BCUT2D eigenvalue weighted by molar-refractivity contribution is -0.164. The van der Waals surface area contributed by atoms with Crippen LogP contribution in [0.25, 0.3) is 0 Å². The van der Waals surface area contributed by atoms with Gasteiger partial charge in [0.15, 0.2) is 0 Å². The molecule has 0 aromatic rings. The van der Waals surface area contributed by atoms with Crippen molar-refractivity contribution in [1.82, 2.24) is 15.1 Å². The van der Waals surface area contributed by atoms with E-state index in [9.17, 15) is 34.2 Å². The van der Waals surface area contributed by atoms with E-state index in [1.54, 1.807) is 84.7 Å². The number of cyclic esters (lactones) is 1. The first-order valence-electron chi connectivity index (χ1n) is 26.9. The van der Waals surface area contributed by atoms with Gasteiger partial charge in [0.1, 0.15) is 36.5 Å². The van der Waals surface area contributed by atoms with Crippen molar-refractivity contribution >= 4 is 30.3 Å². The summed E-state index contributed by atoms with van der Waals surface area (Å²) in [6, 6.07) is -1.28. The first kappa shape index (κ1) is 68.8. The second-order valence-corrected chi connectivity index (χ2v) is 21.3. The van der Waals surface area contributed by atoms with E-state index in [0.717, 1.165) is 18.4 Å². The fourth-order valence-electron chi connectivity index (χ4n) is 9.30. The molecule has 0 fully saturated rings. The van der Waals surface area contributed by atoms with Gasteiger partial charge in [-0.15, -0.1) is 0 Å². The highest BCUT2D eigenvalue weighted by Crippen LogP contribution is 2.32. The average Bonchev–Trinajstić information content (AvgIpc) is 3.38. The van der Waals surface area contributed by atoms with Crippen LogP contribution in [0.5, 0.6) is 0 Å². The van der Waals surface area contributed by atoms with Crippen LogP contribution in [0.2, 0.25) is 0 Å². The maximum atomic E-state index is 13.6. The van der Waals surface area contributed by atoms with Crippen molar-refractivity contribution in [2.24, 2.45) is 41.4 Å². The lowest BCUT2D eigenvalue weighted by Gasteiger charge is -2.35. The molecule has 1 aliphatic rings. The summed E-state index contributed by atoms with van der Waals surface area (Å²) in [6.07, 6.45) is 15.5. The Balaban J connectivity index is 3.67. The maximum Gasteiger partial charge on any atom is 0.331 e. The van der Waals surface area contributed by atoms with E-state index in [2.05, 4.69) is 25.2 Å². The van der Waals surface area contributed by atoms with Gasteiger partial charge in [0.2, 0.25) is 6.41 Å². The summed E-state index contributed by atoms with van der Waals surface area (Å²) in [5.41, 5.74) is 1.10. The molecular formula is C58H99N3O14. The molecule has 1 heterocycles. The van der Waals surface area contributed by atoms with E-state index < -0.39 is 90.3 Å². The molecule has 75 heavy (non-hydrogen) atoms. The number of carbonyl (C=O) groups excluding carboxylic acids is 5. The maximum absolute atomic E-state index is 13.6. The summed E-state index contributed by atoms with van der Waals surface area (Å²) >= 11 is 0. The summed E-state index contributed by atoms with van der Waals surface area (Å²) in [4.78, 5) is 67.2. The van der Waals surface area contributed by atoms with Gasteiger partial charge in [-0.3, -0.25) is 24.1 Å². The Morgan fingerprint density at radius 1 is 0.920 bits per heavy atom. The SMILES string of the molecule is CNC(C)C(=O)OC(CCC(C)C(O)C(C)C1CC=CC(OC)CC(C)CC=C(C)C(OC)CCC(C)C(O)C(C)C(OC(=O)C(COC)N(C)C)CC=CC=CC(=O)O1)C(C)C(OC(C)=O)C(C)C=CN(C)C=O. The van der Waals surface area contributed by atoms with Gasteiger partial charge in [-0.05, 0) is 96.8 Å². The number of ether oxygens (including phenoxy) is 7. The van der Waals surface area contributed by atoms with Crippen LogP contribution in [0.15, 0.2) is 60.4 Å². The van der Waals surface area contributed by atoms with E-state index in [0.29, 0.717) is 32.1 Å². The Morgan fingerprint density at radius 3 is 2.19 bits per heavy atom. The minimum absolute atomic E-state index is 0.128. The van der Waals surface area contributed by atoms with E-state index in [-0.39, 0.29) is 55.3 Å². The molecule has 0 bridgehead atoms. The van der Waals surface area contributed by atoms with E-state index in [1.807, 2.05) is 53.7 Å². The molecule has 0 spiro atoms. The van der Waals surface area contributed by atoms with Crippen molar-refractivity contribution in [1.29, 1.82) is 0 Å². The molecule has 1 aliphatic heterocycles. The Bertz CT molecular complexity index is 1840. The number of esters is 4. The largest absolute Gasteiger partial charge is 0.462 e. The van der Waals surface area contributed by atoms with E-state index in [4.69, 9.17) is 33.2 Å². The van der Waals surface area contributed by atoms with Gasteiger partial charge in [0, 0.05) is 84.1 Å².